The first-order chi connectivity index (χ1) is 13.8. The molecule has 4 rings (SSSR count). The number of rotatable bonds is 7. The normalized spacial score (nSPS) is 12.0. The van der Waals surface area contributed by atoms with Crippen LogP contribution in [0.5, 0.6) is 11.5 Å². The predicted octanol–water partition coefficient (Wildman–Crippen LogP) is 4.58. The minimum absolute atomic E-state index is 0.144. The van der Waals surface area contributed by atoms with Gasteiger partial charge in [-0.3, -0.25) is 4.79 Å². The number of hydrogen-bond acceptors (Lipinski definition) is 3. The lowest BCUT2D eigenvalue weighted by molar-refractivity contribution is -0.132. The Morgan fingerprint density at radius 1 is 0.750 bits per heavy atom. The third kappa shape index (κ3) is 4.52. The largest absolute Gasteiger partial charge is 0.454 e. The van der Waals surface area contributed by atoms with E-state index in [4.69, 9.17) is 9.47 Å². The summed E-state index contributed by atoms with van der Waals surface area (Å²) in [6.45, 7) is 1.48. The van der Waals surface area contributed by atoms with Crippen molar-refractivity contribution in [2.24, 2.45) is 0 Å². The molecule has 4 heteroatoms. The molecule has 0 fully saturated rings. The van der Waals surface area contributed by atoms with Gasteiger partial charge in [0, 0.05) is 19.5 Å². The van der Waals surface area contributed by atoms with Crippen LogP contribution in [0.2, 0.25) is 0 Å². The highest BCUT2D eigenvalue weighted by Gasteiger charge is 2.17. The third-order valence-electron chi connectivity index (χ3n) is 4.85. The van der Waals surface area contributed by atoms with E-state index in [1.165, 1.54) is 0 Å². The van der Waals surface area contributed by atoms with Gasteiger partial charge in [0.1, 0.15) is 0 Å². The van der Waals surface area contributed by atoms with E-state index in [1.807, 2.05) is 59.5 Å². The van der Waals surface area contributed by atoms with Gasteiger partial charge in [0.2, 0.25) is 12.7 Å². The van der Waals surface area contributed by atoms with Crippen LogP contribution in [-0.2, 0) is 24.3 Å². The first-order valence-corrected chi connectivity index (χ1v) is 9.52. The molecule has 0 atom stereocenters. The number of aryl methyl sites for hydroxylation is 1. The van der Waals surface area contributed by atoms with E-state index in [1.54, 1.807) is 0 Å². The number of amides is 1. The Bertz CT molecular complexity index is 884. The number of hydrogen-bond donors (Lipinski definition) is 0. The molecule has 4 nitrogen and oxygen atoms in total. The molecule has 1 aliphatic heterocycles. The van der Waals surface area contributed by atoms with Crippen molar-refractivity contribution in [2.75, 3.05) is 6.79 Å². The predicted molar refractivity (Wildman–Crippen MR) is 108 cm³/mol. The van der Waals surface area contributed by atoms with Gasteiger partial charge in [-0.1, -0.05) is 66.7 Å². The van der Waals surface area contributed by atoms with Gasteiger partial charge in [-0.25, -0.2) is 0 Å². The van der Waals surface area contributed by atoms with Crippen LogP contribution in [0.3, 0.4) is 0 Å². The topological polar surface area (TPSA) is 38.8 Å². The van der Waals surface area contributed by atoms with Crippen molar-refractivity contribution in [3.8, 4) is 11.5 Å². The van der Waals surface area contributed by atoms with Gasteiger partial charge in [0.25, 0.3) is 0 Å². The first-order valence-electron chi connectivity index (χ1n) is 9.52. The van der Waals surface area contributed by atoms with Gasteiger partial charge in [-0.2, -0.15) is 0 Å². The monoisotopic (exact) mass is 373 g/mol. The first kappa shape index (κ1) is 18.1. The molecule has 0 bridgehead atoms. The highest BCUT2D eigenvalue weighted by Crippen LogP contribution is 2.32. The van der Waals surface area contributed by atoms with E-state index in [-0.39, 0.29) is 12.7 Å². The van der Waals surface area contributed by atoms with Crippen LogP contribution in [0.1, 0.15) is 23.1 Å². The molecule has 0 aromatic heterocycles. The zero-order valence-corrected chi connectivity index (χ0v) is 15.7. The smallest absolute Gasteiger partial charge is 0.231 e. The molecule has 3 aromatic rings. The van der Waals surface area contributed by atoms with Crippen molar-refractivity contribution in [1.29, 1.82) is 0 Å². The lowest BCUT2D eigenvalue weighted by Gasteiger charge is -2.23. The standard InChI is InChI=1S/C24H23NO3/c26-24(14-12-19-11-13-22-23(15-19)28-18-27-22)25(16-20-7-3-1-4-8-20)17-21-9-5-2-6-10-21/h1-11,13,15H,12,14,16-18H2. The highest BCUT2D eigenvalue weighted by atomic mass is 16.7. The van der Waals surface area contributed by atoms with Crippen molar-refractivity contribution in [3.05, 3.63) is 95.6 Å². The molecule has 28 heavy (non-hydrogen) atoms. The van der Waals surface area contributed by atoms with Crippen molar-refractivity contribution in [3.63, 3.8) is 0 Å². The second-order valence-corrected chi connectivity index (χ2v) is 6.91. The van der Waals surface area contributed by atoms with E-state index < -0.39 is 0 Å². The summed E-state index contributed by atoms with van der Waals surface area (Å²) in [5, 5.41) is 0. The van der Waals surface area contributed by atoms with E-state index in [2.05, 4.69) is 24.3 Å². The van der Waals surface area contributed by atoms with Crippen LogP contribution in [0.25, 0.3) is 0 Å². The molecule has 142 valence electrons. The van der Waals surface area contributed by atoms with Crippen LogP contribution in [0.4, 0.5) is 0 Å². The summed E-state index contributed by atoms with van der Waals surface area (Å²) in [4.78, 5) is 15.0. The zero-order chi connectivity index (χ0) is 19.2. The number of fused-ring (bicyclic) bond motifs is 1. The minimum atomic E-state index is 0.144. The Hall–Kier alpha value is -3.27. The van der Waals surface area contributed by atoms with Crippen LogP contribution in [0, 0.1) is 0 Å². The van der Waals surface area contributed by atoms with E-state index in [9.17, 15) is 4.79 Å². The van der Waals surface area contributed by atoms with Gasteiger partial charge >= 0.3 is 0 Å². The van der Waals surface area contributed by atoms with Crippen LogP contribution in [-0.4, -0.2) is 17.6 Å². The van der Waals surface area contributed by atoms with Crippen LogP contribution >= 0.6 is 0 Å². The molecule has 0 unspecified atom stereocenters. The maximum Gasteiger partial charge on any atom is 0.231 e. The number of benzene rings is 3. The summed E-state index contributed by atoms with van der Waals surface area (Å²) in [6, 6.07) is 26.1. The number of ether oxygens (including phenoxy) is 2. The number of carbonyl (C=O) groups excluding carboxylic acids is 1. The fourth-order valence-corrected chi connectivity index (χ4v) is 3.35. The summed E-state index contributed by atoms with van der Waals surface area (Å²) >= 11 is 0. The van der Waals surface area contributed by atoms with Gasteiger partial charge in [-0.15, -0.1) is 0 Å². The molecular weight excluding hydrogens is 350 g/mol. The molecule has 0 aliphatic carbocycles. The molecule has 3 aromatic carbocycles. The summed E-state index contributed by atoms with van der Waals surface area (Å²) in [5.74, 6) is 1.67. The van der Waals surface area contributed by atoms with Gasteiger partial charge in [-0.05, 0) is 35.2 Å². The molecular formula is C24H23NO3. The summed E-state index contributed by atoms with van der Waals surface area (Å²) in [7, 11) is 0. The van der Waals surface area contributed by atoms with Crippen molar-refractivity contribution < 1.29 is 14.3 Å². The highest BCUT2D eigenvalue weighted by molar-refractivity contribution is 5.76. The Labute approximate surface area is 165 Å². The third-order valence-corrected chi connectivity index (χ3v) is 4.85. The Balaban J connectivity index is 1.44. The van der Waals surface area contributed by atoms with E-state index in [0.29, 0.717) is 25.9 Å². The quantitative estimate of drug-likeness (QED) is 0.609. The van der Waals surface area contributed by atoms with Gasteiger partial charge in [0.05, 0.1) is 0 Å². The molecule has 0 saturated heterocycles. The summed E-state index contributed by atoms with van der Waals surface area (Å²) in [5.41, 5.74) is 3.35. The molecule has 1 amide bonds. The van der Waals surface area contributed by atoms with E-state index in [0.717, 1.165) is 28.2 Å². The Kier molecular flexibility index (Phi) is 5.57. The minimum Gasteiger partial charge on any atom is -0.454 e. The van der Waals surface area contributed by atoms with Crippen LogP contribution < -0.4 is 9.47 Å². The Morgan fingerprint density at radius 3 is 2.00 bits per heavy atom. The summed E-state index contributed by atoms with van der Waals surface area (Å²) < 4.78 is 10.8. The summed E-state index contributed by atoms with van der Waals surface area (Å²) in [6.07, 6.45) is 1.13. The second kappa shape index (κ2) is 8.61. The van der Waals surface area contributed by atoms with Gasteiger partial charge in [0.15, 0.2) is 11.5 Å². The molecule has 1 heterocycles. The van der Waals surface area contributed by atoms with Crippen molar-refractivity contribution >= 4 is 5.91 Å². The second-order valence-electron chi connectivity index (χ2n) is 6.91. The SMILES string of the molecule is O=C(CCc1ccc2c(c1)OCO2)N(Cc1ccccc1)Cc1ccccc1. The lowest BCUT2D eigenvalue weighted by atomic mass is 10.1. The maximum atomic E-state index is 13.0. The van der Waals surface area contributed by atoms with Gasteiger partial charge < -0.3 is 14.4 Å². The average molecular weight is 373 g/mol. The van der Waals surface area contributed by atoms with Crippen LogP contribution in [0.15, 0.2) is 78.9 Å². The maximum absolute atomic E-state index is 13.0. The van der Waals surface area contributed by atoms with Crippen molar-refractivity contribution in [2.45, 2.75) is 25.9 Å². The molecule has 0 N–H and O–H groups in total. The number of carbonyl (C=O) groups is 1. The molecule has 0 saturated carbocycles. The van der Waals surface area contributed by atoms with E-state index >= 15 is 0 Å². The average Bonchev–Trinajstić information content (AvgIpc) is 3.21. The Morgan fingerprint density at radius 2 is 1.36 bits per heavy atom. The molecule has 0 radical (unpaired) electrons. The fraction of sp³-hybridized carbons (Fsp3) is 0.208. The molecule has 1 aliphatic rings. The fourth-order valence-electron chi connectivity index (χ4n) is 3.35. The zero-order valence-electron chi connectivity index (χ0n) is 15.7. The lowest BCUT2D eigenvalue weighted by Crippen LogP contribution is -2.30. The number of nitrogens with zero attached hydrogens (tertiary/aromatic N) is 1. The van der Waals surface area contributed by atoms with Crippen molar-refractivity contribution in [1.82, 2.24) is 4.90 Å². The molecule has 0 spiro atoms.